The third-order valence-corrected chi connectivity index (χ3v) is 5.48. The van der Waals surface area contributed by atoms with Gasteiger partial charge in [-0.2, -0.15) is 0 Å². The van der Waals surface area contributed by atoms with Crippen molar-refractivity contribution < 1.29 is 14.4 Å². The number of carbonyl (C=O) groups is 3. The molecule has 29 heavy (non-hydrogen) atoms. The molecular formula is C21H21Cl2N3O3. The molecule has 0 spiro atoms. The minimum Gasteiger partial charge on any atom is -0.336 e. The smallest absolute Gasteiger partial charge is 0.244 e. The number of carbonyl (C=O) groups excluding carboxylic acids is 3. The van der Waals surface area contributed by atoms with E-state index in [4.69, 9.17) is 23.2 Å². The van der Waals surface area contributed by atoms with E-state index < -0.39 is 5.91 Å². The second kappa shape index (κ2) is 9.29. The molecule has 152 valence electrons. The Hall–Kier alpha value is -2.57. The van der Waals surface area contributed by atoms with Gasteiger partial charge in [-0.05, 0) is 36.6 Å². The van der Waals surface area contributed by atoms with Crippen molar-refractivity contribution in [1.29, 1.82) is 0 Å². The highest BCUT2D eigenvalue weighted by atomic mass is 35.5. The maximum atomic E-state index is 12.4. The molecule has 0 saturated carbocycles. The molecule has 6 nitrogen and oxygen atoms in total. The van der Waals surface area contributed by atoms with E-state index >= 15 is 0 Å². The van der Waals surface area contributed by atoms with E-state index in [9.17, 15) is 14.4 Å². The molecule has 0 bridgehead atoms. The van der Waals surface area contributed by atoms with Gasteiger partial charge in [0.15, 0.2) is 0 Å². The quantitative estimate of drug-likeness (QED) is 0.722. The summed E-state index contributed by atoms with van der Waals surface area (Å²) in [5, 5.41) is 6.15. The lowest BCUT2D eigenvalue weighted by atomic mass is 9.89. The molecule has 1 unspecified atom stereocenters. The predicted octanol–water partition coefficient (Wildman–Crippen LogP) is 3.98. The summed E-state index contributed by atoms with van der Waals surface area (Å²) in [6.45, 7) is -0.139. The number of halogens is 2. The number of benzene rings is 2. The molecule has 0 radical (unpaired) electrons. The number of nitrogens with zero attached hydrogens (tertiary/aromatic N) is 1. The van der Waals surface area contributed by atoms with E-state index in [2.05, 4.69) is 10.6 Å². The second-order valence-corrected chi connectivity index (χ2v) is 7.80. The number of anilines is 2. The van der Waals surface area contributed by atoms with Crippen LogP contribution in [0.3, 0.4) is 0 Å². The van der Waals surface area contributed by atoms with Crippen molar-refractivity contribution in [3.63, 3.8) is 0 Å². The van der Waals surface area contributed by atoms with Crippen LogP contribution in [0.1, 0.15) is 18.4 Å². The third-order valence-electron chi connectivity index (χ3n) is 4.85. The SMILES string of the molecule is CN(CC(=O)Nc1c(Cl)cccc1Cl)C(=O)CCC1Cc2ccccc2NC1=O. The molecule has 1 atom stereocenters. The van der Waals surface area contributed by atoms with Crippen molar-refractivity contribution in [2.45, 2.75) is 19.3 Å². The monoisotopic (exact) mass is 433 g/mol. The minimum absolute atomic E-state index is 0.0785. The van der Waals surface area contributed by atoms with Gasteiger partial charge in [-0.1, -0.05) is 47.5 Å². The predicted molar refractivity (Wildman–Crippen MR) is 114 cm³/mol. The van der Waals surface area contributed by atoms with Crippen molar-refractivity contribution >= 4 is 52.3 Å². The van der Waals surface area contributed by atoms with Crippen LogP contribution in [-0.2, 0) is 20.8 Å². The Morgan fingerprint density at radius 2 is 1.83 bits per heavy atom. The first-order valence-electron chi connectivity index (χ1n) is 9.21. The van der Waals surface area contributed by atoms with Gasteiger partial charge < -0.3 is 15.5 Å². The van der Waals surface area contributed by atoms with E-state index in [1.54, 1.807) is 25.2 Å². The summed E-state index contributed by atoms with van der Waals surface area (Å²) >= 11 is 12.1. The van der Waals surface area contributed by atoms with Crippen LogP contribution in [0.2, 0.25) is 10.0 Å². The molecule has 0 fully saturated rings. The van der Waals surface area contributed by atoms with Gasteiger partial charge in [0, 0.05) is 25.1 Å². The highest BCUT2D eigenvalue weighted by molar-refractivity contribution is 6.39. The second-order valence-electron chi connectivity index (χ2n) is 6.98. The van der Waals surface area contributed by atoms with Crippen LogP contribution in [0.4, 0.5) is 11.4 Å². The van der Waals surface area contributed by atoms with Gasteiger partial charge >= 0.3 is 0 Å². The van der Waals surface area contributed by atoms with E-state index in [0.29, 0.717) is 28.6 Å². The van der Waals surface area contributed by atoms with Crippen molar-refractivity contribution in [3.05, 3.63) is 58.1 Å². The van der Waals surface area contributed by atoms with Gasteiger partial charge in [0.05, 0.1) is 22.3 Å². The summed E-state index contributed by atoms with van der Waals surface area (Å²) in [5.41, 5.74) is 2.21. The molecule has 1 aliphatic heterocycles. The summed E-state index contributed by atoms with van der Waals surface area (Å²) in [6, 6.07) is 12.5. The van der Waals surface area contributed by atoms with Crippen molar-refractivity contribution in [3.8, 4) is 0 Å². The van der Waals surface area contributed by atoms with Crippen LogP contribution in [0.25, 0.3) is 0 Å². The lowest BCUT2D eigenvalue weighted by molar-refractivity contribution is -0.133. The molecule has 8 heteroatoms. The molecular weight excluding hydrogens is 413 g/mol. The fraction of sp³-hybridized carbons (Fsp3) is 0.286. The van der Waals surface area contributed by atoms with Gasteiger partial charge in [-0.25, -0.2) is 0 Å². The number of hydrogen-bond donors (Lipinski definition) is 2. The molecule has 0 saturated heterocycles. The first-order chi connectivity index (χ1) is 13.8. The number of amides is 3. The molecule has 0 aliphatic carbocycles. The third kappa shape index (κ3) is 5.28. The molecule has 3 amide bonds. The van der Waals surface area contributed by atoms with E-state index in [1.165, 1.54) is 4.90 Å². The summed E-state index contributed by atoms with van der Waals surface area (Å²) < 4.78 is 0. The lowest BCUT2D eigenvalue weighted by Gasteiger charge is -2.25. The Bertz CT molecular complexity index is 928. The van der Waals surface area contributed by atoms with Crippen LogP contribution in [0.5, 0.6) is 0 Å². The summed E-state index contributed by atoms with van der Waals surface area (Å²) in [7, 11) is 1.55. The topological polar surface area (TPSA) is 78.5 Å². The van der Waals surface area contributed by atoms with Crippen molar-refractivity contribution in [2.24, 2.45) is 5.92 Å². The molecule has 1 heterocycles. The Morgan fingerprint density at radius 1 is 1.14 bits per heavy atom. The normalized spacial score (nSPS) is 15.3. The van der Waals surface area contributed by atoms with Gasteiger partial charge in [0.25, 0.3) is 0 Å². The van der Waals surface area contributed by atoms with Crippen LogP contribution in [0, 0.1) is 5.92 Å². The Balaban J connectivity index is 1.50. The Labute approximate surface area is 179 Å². The molecule has 3 rings (SSSR count). The molecule has 1 aliphatic rings. The standard InChI is InChI=1S/C21H21Cl2N3O3/c1-26(12-18(27)25-20-15(22)6-4-7-16(20)23)19(28)10-9-14-11-13-5-2-3-8-17(13)24-21(14)29/h2-8,14H,9-12H2,1H3,(H,24,29)(H,25,27). The zero-order valence-corrected chi connectivity index (χ0v) is 17.4. The molecule has 2 N–H and O–H groups in total. The first kappa shape index (κ1) is 21.1. The average Bonchev–Trinajstić information content (AvgIpc) is 2.69. The number of hydrogen-bond acceptors (Lipinski definition) is 3. The fourth-order valence-corrected chi connectivity index (χ4v) is 3.73. The zero-order chi connectivity index (χ0) is 21.0. The highest BCUT2D eigenvalue weighted by Gasteiger charge is 2.27. The van der Waals surface area contributed by atoms with Crippen LogP contribution in [-0.4, -0.2) is 36.2 Å². The number of fused-ring (bicyclic) bond motifs is 1. The molecule has 2 aromatic carbocycles. The van der Waals surface area contributed by atoms with Gasteiger partial charge in [-0.3, -0.25) is 14.4 Å². The zero-order valence-electron chi connectivity index (χ0n) is 15.9. The maximum absolute atomic E-state index is 12.4. The van der Waals surface area contributed by atoms with Crippen molar-refractivity contribution in [1.82, 2.24) is 4.90 Å². The van der Waals surface area contributed by atoms with Crippen LogP contribution in [0.15, 0.2) is 42.5 Å². The number of para-hydroxylation sites is 2. The van der Waals surface area contributed by atoms with E-state index in [0.717, 1.165) is 11.3 Å². The minimum atomic E-state index is -0.403. The maximum Gasteiger partial charge on any atom is 0.244 e. The average molecular weight is 434 g/mol. The van der Waals surface area contributed by atoms with Crippen molar-refractivity contribution in [2.75, 3.05) is 24.2 Å². The highest BCUT2D eigenvalue weighted by Crippen LogP contribution is 2.30. The fourth-order valence-electron chi connectivity index (χ4n) is 3.23. The van der Waals surface area contributed by atoms with E-state index in [-0.39, 0.29) is 30.7 Å². The molecule has 2 aromatic rings. The lowest BCUT2D eigenvalue weighted by Crippen LogP contribution is -2.36. The largest absolute Gasteiger partial charge is 0.336 e. The first-order valence-corrected chi connectivity index (χ1v) is 9.97. The Kier molecular flexibility index (Phi) is 6.77. The number of nitrogens with one attached hydrogen (secondary N) is 2. The summed E-state index contributed by atoms with van der Waals surface area (Å²) in [6.07, 6.45) is 1.20. The van der Waals surface area contributed by atoms with Gasteiger partial charge in [0.2, 0.25) is 17.7 Å². The van der Waals surface area contributed by atoms with Crippen LogP contribution < -0.4 is 10.6 Å². The van der Waals surface area contributed by atoms with E-state index in [1.807, 2.05) is 24.3 Å². The Morgan fingerprint density at radius 3 is 2.55 bits per heavy atom. The number of rotatable bonds is 6. The van der Waals surface area contributed by atoms with Crippen LogP contribution >= 0.6 is 23.2 Å². The summed E-state index contributed by atoms with van der Waals surface area (Å²) in [5.74, 6) is -0.958. The van der Waals surface area contributed by atoms with Gasteiger partial charge in [0.1, 0.15) is 0 Å². The summed E-state index contributed by atoms with van der Waals surface area (Å²) in [4.78, 5) is 38.2. The van der Waals surface area contributed by atoms with Gasteiger partial charge in [-0.15, -0.1) is 0 Å². The molecule has 0 aromatic heterocycles. The number of likely N-dealkylation sites (N-methyl/N-ethyl adjacent to an activating group) is 1.